The fourth-order valence-corrected chi connectivity index (χ4v) is 2.92. The number of aromatic nitrogens is 2. The summed E-state index contributed by atoms with van der Waals surface area (Å²) in [5, 5.41) is 2.95. The lowest BCUT2D eigenvalue weighted by Gasteiger charge is -2.07. The lowest BCUT2D eigenvalue weighted by atomic mass is 10.1. The predicted octanol–water partition coefficient (Wildman–Crippen LogP) is 2.63. The van der Waals surface area contributed by atoms with Gasteiger partial charge in [0.2, 0.25) is 5.91 Å². The molecule has 5 heteroatoms. The Balaban J connectivity index is 1.56. The minimum atomic E-state index is 0.110. The van der Waals surface area contributed by atoms with Crippen LogP contribution in [0.4, 0.5) is 0 Å². The normalized spacial score (nSPS) is 10.5. The molecule has 0 saturated carbocycles. The van der Waals surface area contributed by atoms with E-state index in [1.165, 1.54) is 11.1 Å². The molecule has 0 spiro atoms. The molecule has 0 bridgehead atoms. The lowest BCUT2D eigenvalue weighted by molar-refractivity contribution is -0.118. The van der Waals surface area contributed by atoms with E-state index in [1.54, 1.807) is 24.3 Å². The zero-order valence-corrected chi connectivity index (χ0v) is 13.1. The highest BCUT2D eigenvalue weighted by Gasteiger charge is 2.03. The summed E-state index contributed by atoms with van der Waals surface area (Å²) in [6, 6.07) is 8.30. The molecular weight excluding hydrogens is 282 g/mol. The Morgan fingerprint density at radius 2 is 2.24 bits per heavy atom. The van der Waals surface area contributed by atoms with Crippen molar-refractivity contribution < 1.29 is 4.79 Å². The van der Waals surface area contributed by atoms with Crippen molar-refractivity contribution in [2.75, 3.05) is 12.3 Å². The van der Waals surface area contributed by atoms with E-state index in [2.05, 4.69) is 29.4 Å². The Hall–Kier alpha value is -1.75. The molecular formula is C16H21N3OS. The van der Waals surface area contributed by atoms with Gasteiger partial charge in [0.05, 0.1) is 12.1 Å². The van der Waals surface area contributed by atoms with Crippen LogP contribution in [0.1, 0.15) is 17.5 Å². The van der Waals surface area contributed by atoms with Crippen molar-refractivity contribution in [1.82, 2.24) is 14.9 Å². The topological polar surface area (TPSA) is 46.9 Å². The molecule has 2 aromatic rings. The highest BCUT2D eigenvalue weighted by molar-refractivity contribution is 7.99. The molecule has 0 unspecified atom stereocenters. The first-order valence-corrected chi connectivity index (χ1v) is 8.26. The molecule has 1 N–H and O–H groups in total. The number of hydrogen-bond donors (Lipinski definition) is 1. The maximum absolute atomic E-state index is 11.7. The number of rotatable bonds is 8. The lowest BCUT2D eigenvalue weighted by Crippen LogP contribution is -2.26. The summed E-state index contributed by atoms with van der Waals surface area (Å²) in [7, 11) is 0. The van der Waals surface area contributed by atoms with Crippen molar-refractivity contribution in [3.63, 3.8) is 0 Å². The second-order valence-electron chi connectivity index (χ2n) is 4.92. The molecule has 0 atom stereocenters. The SMILES string of the molecule is Cc1ccccc1CSCC(=O)NCCCn1ccnc1. The molecule has 2 rings (SSSR count). The van der Waals surface area contributed by atoms with E-state index in [4.69, 9.17) is 0 Å². The van der Waals surface area contributed by atoms with E-state index in [0.717, 1.165) is 18.7 Å². The first-order valence-electron chi connectivity index (χ1n) is 7.10. The van der Waals surface area contributed by atoms with Gasteiger partial charge in [0, 0.05) is 31.2 Å². The number of carbonyl (C=O) groups excluding carboxylic acids is 1. The zero-order valence-electron chi connectivity index (χ0n) is 12.3. The Labute approximate surface area is 130 Å². The number of hydrogen-bond acceptors (Lipinski definition) is 3. The van der Waals surface area contributed by atoms with E-state index in [1.807, 2.05) is 22.9 Å². The molecule has 112 valence electrons. The van der Waals surface area contributed by atoms with E-state index in [9.17, 15) is 4.79 Å². The molecule has 0 aliphatic heterocycles. The summed E-state index contributed by atoms with van der Waals surface area (Å²) >= 11 is 1.66. The first-order chi connectivity index (χ1) is 10.3. The molecule has 21 heavy (non-hydrogen) atoms. The summed E-state index contributed by atoms with van der Waals surface area (Å²) in [6.45, 7) is 3.70. The number of amides is 1. The van der Waals surface area contributed by atoms with Gasteiger partial charge < -0.3 is 9.88 Å². The zero-order chi connectivity index (χ0) is 14.9. The van der Waals surface area contributed by atoms with Crippen LogP contribution in [-0.4, -0.2) is 27.8 Å². The molecule has 0 aliphatic rings. The highest BCUT2D eigenvalue weighted by Crippen LogP contribution is 2.15. The molecule has 4 nitrogen and oxygen atoms in total. The second kappa shape index (κ2) is 8.52. The van der Waals surface area contributed by atoms with Gasteiger partial charge in [0.1, 0.15) is 0 Å². The van der Waals surface area contributed by atoms with Gasteiger partial charge in [-0.1, -0.05) is 24.3 Å². The number of nitrogens with one attached hydrogen (secondary N) is 1. The van der Waals surface area contributed by atoms with Gasteiger partial charge in [0.25, 0.3) is 0 Å². The van der Waals surface area contributed by atoms with Gasteiger partial charge in [-0.3, -0.25) is 4.79 Å². The first kappa shape index (κ1) is 15.6. The minimum absolute atomic E-state index is 0.110. The summed E-state index contributed by atoms with van der Waals surface area (Å²) in [5.74, 6) is 1.51. The average Bonchev–Trinajstić information content (AvgIpc) is 2.99. The van der Waals surface area contributed by atoms with Crippen LogP contribution in [0.25, 0.3) is 0 Å². The van der Waals surface area contributed by atoms with Crippen LogP contribution < -0.4 is 5.32 Å². The maximum Gasteiger partial charge on any atom is 0.230 e. The monoisotopic (exact) mass is 303 g/mol. The van der Waals surface area contributed by atoms with E-state index < -0.39 is 0 Å². The Bertz CT molecular complexity index is 554. The van der Waals surface area contributed by atoms with Crippen molar-refractivity contribution in [3.05, 3.63) is 54.1 Å². The van der Waals surface area contributed by atoms with Crippen LogP contribution >= 0.6 is 11.8 Å². The van der Waals surface area contributed by atoms with Gasteiger partial charge >= 0.3 is 0 Å². The molecule has 1 aromatic heterocycles. The largest absolute Gasteiger partial charge is 0.355 e. The van der Waals surface area contributed by atoms with Gasteiger partial charge in [-0.15, -0.1) is 11.8 Å². The maximum atomic E-state index is 11.7. The molecule has 1 amide bonds. The summed E-state index contributed by atoms with van der Waals surface area (Å²) in [5.41, 5.74) is 2.58. The highest BCUT2D eigenvalue weighted by atomic mass is 32.2. The fourth-order valence-electron chi connectivity index (χ4n) is 1.99. The molecule has 1 aromatic carbocycles. The predicted molar refractivity (Wildman–Crippen MR) is 87.2 cm³/mol. The van der Waals surface area contributed by atoms with Gasteiger partial charge in [-0.2, -0.15) is 0 Å². The molecule has 0 fully saturated rings. The van der Waals surface area contributed by atoms with Crippen molar-refractivity contribution >= 4 is 17.7 Å². The third-order valence-corrected chi connectivity index (χ3v) is 4.21. The number of thioether (sulfide) groups is 1. The second-order valence-corrected chi connectivity index (χ2v) is 5.91. The van der Waals surface area contributed by atoms with Crippen molar-refractivity contribution in [2.24, 2.45) is 0 Å². The molecule has 0 aliphatic carbocycles. The van der Waals surface area contributed by atoms with E-state index >= 15 is 0 Å². The van der Waals surface area contributed by atoms with Crippen molar-refractivity contribution in [1.29, 1.82) is 0 Å². The Morgan fingerprint density at radius 1 is 1.38 bits per heavy atom. The summed E-state index contributed by atoms with van der Waals surface area (Å²) in [6.07, 6.45) is 6.41. The fraction of sp³-hybridized carbons (Fsp3) is 0.375. The Kier molecular flexibility index (Phi) is 6.34. The van der Waals surface area contributed by atoms with Crippen molar-refractivity contribution in [2.45, 2.75) is 25.6 Å². The van der Waals surface area contributed by atoms with Crippen LogP contribution in [0, 0.1) is 6.92 Å². The third-order valence-electron chi connectivity index (χ3n) is 3.23. The number of benzene rings is 1. The number of nitrogens with zero attached hydrogens (tertiary/aromatic N) is 2. The third kappa shape index (κ3) is 5.63. The average molecular weight is 303 g/mol. The Morgan fingerprint density at radius 3 is 3.00 bits per heavy atom. The smallest absolute Gasteiger partial charge is 0.230 e. The van der Waals surface area contributed by atoms with Crippen LogP contribution in [0.15, 0.2) is 43.0 Å². The van der Waals surface area contributed by atoms with Gasteiger partial charge in [-0.25, -0.2) is 4.98 Å². The molecule has 1 heterocycles. The van der Waals surface area contributed by atoms with Crippen LogP contribution in [-0.2, 0) is 17.1 Å². The standard InChI is InChI=1S/C16H21N3OS/c1-14-5-2-3-6-15(14)11-21-12-16(20)18-7-4-9-19-10-8-17-13-19/h2-3,5-6,8,10,13H,4,7,9,11-12H2,1H3,(H,18,20). The van der Waals surface area contributed by atoms with Gasteiger partial charge in [0.15, 0.2) is 0 Å². The molecule has 0 saturated heterocycles. The molecule has 0 radical (unpaired) electrons. The van der Waals surface area contributed by atoms with E-state index in [0.29, 0.717) is 12.3 Å². The van der Waals surface area contributed by atoms with Gasteiger partial charge in [-0.05, 0) is 24.5 Å². The van der Waals surface area contributed by atoms with E-state index in [-0.39, 0.29) is 5.91 Å². The van der Waals surface area contributed by atoms with Crippen LogP contribution in [0.3, 0.4) is 0 Å². The quantitative estimate of drug-likeness (QED) is 0.763. The van der Waals surface area contributed by atoms with Crippen LogP contribution in [0.5, 0.6) is 0 Å². The number of imidazole rings is 1. The van der Waals surface area contributed by atoms with Crippen molar-refractivity contribution in [3.8, 4) is 0 Å². The summed E-state index contributed by atoms with van der Waals surface area (Å²) < 4.78 is 2.01. The van der Waals surface area contributed by atoms with Crippen LogP contribution in [0.2, 0.25) is 0 Å². The summed E-state index contributed by atoms with van der Waals surface area (Å²) in [4.78, 5) is 15.7. The number of aryl methyl sites for hydroxylation is 2. The minimum Gasteiger partial charge on any atom is -0.355 e. The number of carbonyl (C=O) groups is 1.